The van der Waals surface area contributed by atoms with E-state index in [-0.39, 0.29) is 11.1 Å². The Morgan fingerprint density at radius 1 is 1.58 bits per heavy atom. The fourth-order valence-corrected chi connectivity index (χ4v) is 3.05. The van der Waals surface area contributed by atoms with Crippen molar-refractivity contribution in [1.29, 1.82) is 0 Å². The third-order valence-electron chi connectivity index (χ3n) is 4.06. The van der Waals surface area contributed by atoms with E-state index in [0.29, 0.717) is 18.0 Å². The van der Waals surface area contributed by atoms with Crippen molar-refractivity contribution >= 4 is 17.3 Å². The minimum atomic E-state index is -0.473. The summed E-state index contributed by atoms with van der Waals surface area (Å²) in [6.45, 7) is 0.390. The maximum atomic E-state index is 10.7. The molecule has 0 aliphatic heterocycles. The SMILES string of the molecule is NCC1(Cc2ccc([N+](=O)[O-])cc2Cl)CCCC1O. The summed E-state index contributed by atoms with van der Waals surface area (Å²) in [6.07, 6.45) is 2.69. The zero-order chi connectivity index (χ0) is 14.0. The van der Waals surface area contributed by atoms with Crippen LogP contribution in [-0.2, 0) is 6.42 Å². The van der Waals surface area contributed by atoms with E-state index in [9.17, 15) is 15.2 Å². The molecule has 0 amide bonds. The minimum Gasteiger partial charge on any atom is -0.392 e. The van der Waals surface area contributed by atoms with Crippen LogP contribution in [0.5, 0.6) is 0 Å². The van der Waals surface area contributed by atoms with Crippen LogP contribution < -0.4 is 5.73 Å². The van der Waals surface area contributed by atoms with Crippen molar-refractivity contribution < 1.29 is 10.0 Å². The van der Waals surface area contributed by atoms with E-state index in [1.807, 2.05) is 0 Å². The summed E-state index contributed by atoms with van der Waals surface area (Å²) in [7, 11) is 0. The highest BCUT2D eigenvalue weighted by atomic mass is 35.5. The fourth-order valence-electron chi connectivity index (χ4n) is 2.81. The number of halogens is 1. The molecule has 0 radical (unpaired) electrons. The monoisotopic (exact) mass is 284 g/mol. The van der Waals surface area contributed by atoms with Crippen molar-refractivity contribution in [2.75, 3.05) is 6.54 Å². The maximum absolute atomic E-state index is 10.7. The summed E-state index contributed by atoms with van der Waals surface area (Å²) >= 11 is 6.09. The van der Waals surface area contributed by atoms with Gasteiger partial charge in [0.1, 0.15) is 0 Å². The molecule has 0 aromatic heterocycles. The van der Waals surface area contributed by atoms with Gasteiger partial charge < -0.3 is 10.8 Å². The van der Waals surface area contributed by atoms with Crippen molar-refractivity contribution in [3.8, 4) is 0 Å². The van der Waals surface area contributed by atoms with E-state index in [4.69, 9.17) is 17.3 Å². The number of aliphatic hydroxyl groups is 1. The Labute approximate surface area is 116 Å². The van der Waals surface area contributed by atoms with Crippen molar-refractivity contribution in [3.05, 3.63) is 38.9 Å². The van der Waals surface area contributed by atoms with Gasteiger partial charge in [0.2, 0.25) is 0 Å². The van der Waals surface area contributed by atoms with Gasteiger partial charge in [-0.05, 0) is 24.8 Å². The molecule has 104 valence electrons. The summed E-state index contributed by atoms with van der Waals surface area (Å²) in [4.78, 5) is 10.2. The van der Waals surface area contributed by atoms with Crippen LogP contribution in [0.3, 0.4) is 0 Å². The molecule has 3 N–H and O–H groups in total. The lowest BCUT2D eigenvalue weighted by atomic mass is 9.78. The van der Waals surface area contributed by atoms with E-state index in [0.717, 1.165) is 24.8 Å². The Bertz CT molecular complexity index is 495. The number of nitrogens with zero attached hydrogens (tertiary/aromatic N) is 1. The second kappa shape index (κ2) is 5.45. The van der Waals surface area contributed by atoms with Crippen molar-refractivity contribution in [2.45, 2.75) is 31.8 Å². The average molecular weight is 285 g/mol. The fraction of sp³-hybridized carbons (Fsp3) is 0.538. The summed E-state index contributed by atoms with van der Waals surface area (Å²) in [5.41, 5.74) is 6.26. The van der Waals surface area contributed by atoms with E-state index < -0.39 is 11.0 Å². The van der Waals surface area contributed by atoms with E-state index >= 15 is 0 Å². The lowest BCUT2D eigenvalue weighted by Crippen LogP contribution is -2.39. The van der Waals surface area contributed by atoms with Crippen LogP contribution in [0, 0.1) is 15.5 Å². The van der Waals surface area contributed by atoms with Gasteiger partial charge in [-0.3, -0.25) is 10.1 Å². The Kier molecular flexibility index (Phi) is 4.08. The summed E-state index contributed by atoms with van der Waals surface area (Å²) in [5.74, 6) is 0. The molecule has 1 saturated carbocycles. The number of hydrogen-bond donors (Lipinski definition) is 2. The molecule has 6 heteroatoms. The molecule has 1 aliphatic carbocycles. The van der Waals surface area contributed by atoms with Gasteiger partial charge >= 0.3 is 0 Å². The smallest absolute Gasteiger partial charge is 0.270 e. The molecule has 0 spiro atoms. The molecule has 0 saturated heterocycles. The van der Waals surface area contributed by atoms with Gasteiger partial charge in [0.25, 0.3) is 5.69 Å². The van der Waals surface area contributed by atoms with E-state index in [2.05, 4.69) is 0 Å². The highest BCUT2D eigenvalue weighted by molar-refractivity contribution is 6.31. The van der Waals surface area contributed by atoms with Crippen LogP contribution >= 0.6 is 11.6 Å². The van der Waals surface area contributed by atoms with Crippen LogP contribution in [0.25, 0.3) is 0 Å². The normalized spacial score (nSPS) is 26.6. The first kappa shape index (κ1) is 14.2. The molecular formula is C13H17ClN2O3. The molecule has 19 heavy (non-hydrogen) atoms. The Morgan fingerprint density at radius 3 is 2.79 bits per heavy atom. The summed E-state index contributed by atoms with van der Waals surface area (Å²) in [6, 6.07) is 4.44. The molecule has 2 atom stereocenters. The third kappa shape index (κ3) is 2.73. The van der Waals surface area contributed by atoms with Crippen LogP contribution in [0.1, 0.15) is 24.8 Å². The molecule has 1 aromatic carbocycles. The zero-order valence-corrected chi connectivity index (χ0v) is 11.3. The number of benzene rings is 1. The number of non-ortho nitro benzene ring substituents is 1. The highest BCUT2D eigenvalue weighted by Crippen LogP contribution is 2.41. The zero-order valence-electron chi connectivity index (χ0n) is 10.5. The largest absolute Gasteiger partial charge is 0.392 e. The Morgan fingerprint density at radius 2 is 2.32 bits per heavy atom. The van der Waals surface area contributed by atoms with Gasteiger partial charge in [0.05, 0.1) is 16.0 Å². The van der Waals surface area contributed by atoms with Crippen molar-refractivity contribution in [1.82, 2.24) is 0 Å². The molecular weight excluding hydrogens is 268 g/mol. The topological polar surface area (TPSA) is 89.4 Å². The molecule has 5 nitrogen and oxygen atoms in total. The van der Waals surface area contributed by atoms with Gasteiger partial charge in [-0.25, -0.2) is 0 Å². The second-order valence-electron chi connectivity index (χ2n) is 5.18. The van der Waals surface area contributed by atoms with E-state index in [1.165, 1.54) is 12.1 Å². The lowest BCUT2D eigenvalue weighted by molar-refractivity contribution is -0.384. The first-order valence-electron chi connectivity index (χ1n) is 6.29. The second-order valence-corrected chi connectivity index (χ2v) is 5.59. The number of aliphatic hydroxyl groups excluding tert-OH is 1. The number of nitro groups is 1. The molecule has 1 fully saturated rings. The number of nitro benzene ring substituents is 1. The molecule has 1 aliphatic rings. The number of rotatable bonds is 4. The predicted molar refractivity (Wildman–Crippen MR) is 73.2 cm³/mol. The van der Waals surface area contributed by atoms with Gasteiger partial charge in [-0.15, -0.1) is 0 Å². The Balaban J connectivity index is 2.25. The van der Waals surface area contributed by atoms with Gasteiger partial charge in [-0.1, -0.05) is 24.1 Å². The summed E-state index contributed by atoms with van der Waals surface area (Å²) in [5, 5.41) is 21.1. The molecule has 1 aromatic rings. The molecule has 0 bridgehead atoms. The third-order valence-corrected chi connectivity index (χ3v) is 4.41. The number of nitrogens with two attached hydrogens (primary N) is 1. The summed E-state index contributed by atoms with van der Waals surface area (Å²) < 4.78 is 0. The quantitative estimate of drug-likeness (QED) is 0.656. The molecule has 2 unspecified atom stereocenters. The molecule has 0 heterocycles. The minimum absolute atomic E-state index is 0.0254. The van der Waals surface area contributed by atoms with Gasteiger partial charge in [-0.2, -0.15) is 0 Å². The first-order chi connectivity index (χ1) is 8.98. The van der Waals surface area contributed by atoms with Crippen LogP contribution in [-0.4, -0.2) is 22.7 Å². The van der Waals surface area contributed by atoms with Crippen LogP contribution in [0.15, 0.2) is 18.2 Å². The van der Waals surface area contributed by atoms with E-state index in [1.54, 1.807) is 6.07 Å². The van der Waals surface area contributed by atoms with Crippen LogP contribution in [0.4, 0.5) is 5.69 Å². The first-order valence-corrected chi connectivity index (χ1v) is 6.67. The van der Waals surface area contributed by atoms with Crippen LogP contribution in [0.2, 0.25) is 5.02 Å². The van der Waals surface area contributed by atoms with Crippen molar-refractivity contribution in [2.24, 2.45) is 11.1 Å². The predicted octanol–water partition coefficient (Wildman–Crippen LogP) is 2.28. The van der Waals surface area contributed by atoms with Crippen molar-refractivity contribution in [3.63, 3.8) is 0 Å². The average Bonchev–Trinajstić information content (AvgIpc) is 2.73. The van der Waals surface area contributed by atoms with Gasteiger partial charge in [0, 0.05) is 24.1 Å². The lowest BCUT2D eigenvalue weighted by Gasteiger charge is -2.31. The highest BCUT2D eigenvalue weighted by Gasteiger charge is 2.41. The Hall–Kier alpha value is -1.17. The molecule has 2 rings (SSSR count). The number of hydrogen-bond acceptors (Lipinski definition) is 4. The standard InChI is InChI=1S/C13H17ClN2O3/c14-11-6-10(16(18)19)4-3-9(11)7-13(8-15)5-1-2-12(13)17/h3-4,6,12,17H,1-2,5,7-8,15H2. The maximum Gasteiger partial charge on any atom is 0.270 e. The van der Waals surface area contributed by atoms with Gasteiger partial charge in [0.15, 0.2) is 0 Å².